The van der Waals surface area contributed by atoms with Gasteiger partial charge in [-0.25, -0.2) is 0 Å². The number of nitrogens with zero attached hydrogens (tertiary/aromatic N) is 1. The summed E-state index contributed by atoms with van der Waals surface area (Å²) in [7, 11) is 2.14. The summed E-state index contributed by atoms with van der Waals surface area (Å²) >= 11 is 9.22. The van der Waals surface area contributed by atoms with E-state index in [-0.39, 0.29) is 12.5 Å². The average molecular weight is 349 g/mol. The van der Waals surface area contributed by atoms with E-state index in [1.807, 2.05) is 4.90 Å². The number of amides is 1. The van der Waals surface area contributed by atoms with Crippen molar-refractivity contribution < 1.29 is 14.4 Å². The first kappa shape index (κ1) is 14.6. The van der Waals surface area contributed by atoms with E-state index in [1.54, 1.807) is 18.2 Å². The van der Waals surface area contributed by atoms with Crippen molar-refractivity contribution in [1.82, 2.24) is 4.90 Å². The van der Waals surface area contributed by atoms with Gasteiger partial charge < -0.3 is 14.5 Å². The highest BCUT2D eigenvalue weighted by molar-refractivity contribution is 9.10. The first-order chi connectivity index (χ1) is 9.06. The summed E-state index contributed by atoms with van der Waals surface area (Å²) in [4.78, 5) is 15.3. The fourth-order valence-corrected chi connectivity index (χ4v) is 2.76. The zero-order chi connectivity index (χ0) is 13.8. The van der Waals surface area contributed by atoms with Crippen molar-refractivity contribution in [2.24, 2.45) is 0 Å². The highest BCUT2D eigenvalue weighted by Gasteiger charge is 2.21. The van der Waals surface area contributed by atoms with Crippen molar-refractivity contribution in [2.75, 3.05) is 39.8 Å². The Bertz CT molecular complexity index is 462. The molecule has 0 aliphatic carbocycles. The monoisotopic (exact) mass is 347 g/mol. The number of hydrogen-bond acceptors (Lipinski definition) is 2. The van der Waals surface area contributed by atoms with E-state index in [0.29, 0.717) is 10.8 Å². The molecule has 2 rings (SSSR count). The lowest BCUT2D eigenvalue weighted by Gasteiger charge is -2.30. The molecule has 1 aromatic carbocycles. The Hall–Kier alpha value is -0.780. The van der Waals surface area contributed by atoms with Crippen LogP contribution in [0.5, 0.6) is 5.75 Å². The van der Waals surface area contributed by atoms with Crippen molar-refractivity contribution in [1.29, 1.82) is 0 Å². The van der Waals surface area contributed by atoms with E-state index in [1.165, 1.54) is 4.90 Å². The molecule has 1 N–H and O–H groups in total. The summed E-state index contributed by atoms with van der Waals surface area (Å²) in [6.07, 6.45) is 0. The van der Waals surface area contributed by atoms with Crippen LogP contribution in [0.25, 0.3) is 0 Å². The summed E-state index contributed by atoms with van der Waals surface area (Å²) in [5.74, 6) is 0.673. The van der Waals surface area contributed by atoms with Gasteiger partial charge in [0.1, 0.15) is 5.75 Å². The van der Waals surface area contributed by atoms with E-state index in [0.717, 1.165) is 30.7 Å². The van der Waals surface area contributed by atoms with E-state index >= 15 is 0 Å². The third kappa shape index (κ3) is 4.09. The SMILES string of the molecule is C[NH+]1CCN(C(=O)COc2ccc(Cl)cc2Br)CC1. The van der Waals surface area contributed by atoms with Gasteiger partial charge >= 0.3 is 0 Å². The van der Waals surface area contributed by atoms with Gasteiger partial charge in [0.25, 0.3) is 5.91 Å². The molecular weight excluding hydrogens is 332 g/mol. The molecule has 0 saturated carbocycles. The zero-order valence-corrected chi connectivity index (χ0v) is 13.1. The Morgan fingerprint density at radius 2 is 2.16 bits per heavy atom. The third-order valence-corrected chi connectivity index (χ3v) is 4.07. The summed E-state index contributed by atoms with van der Waals surface area (Å²) < 4.78 is 6.29. The molecule has 1 heterocycles. The van der Waals surface area contributed by atoms with Crippen LogP contribution in [-0.2, 0) is 4.79 Å². The molecule has 1 saturated heterocycles. The highest BCUT2D eigenvalue weighted by Crippen LogP contribution is 2.27. The number of quaternary nitrogens is 1. The average Bonchev–Trinajstić information content (AvgIpc) is 2.38. The molecule has 1 amide bonds. The van der Waals surface area contributed by atoms with E-state index < -0.39 is 0 Å². The minimum absolute atomic E-state index is 0.0364. The lowest BCUT2D eigenvalue weighted by atomic mass is 10.3. The van der Waals surface area contributed by atoms with E-state index in [4.69, 9.17) is 16.3 Å². The number of carbonyl (C=O) groups is 1. The van der Waals surface area contributed by atoms with Crippen molar-refractivity contribution in [3.63, 3.8) is 0 Å². The van der Waals surface area contributed by atoms with Crippen LogP contribution >= 0.6 is 27.5 Å². The number of ether oxygens (including phenoxy) is 1. The molecule has 6 heteroatoms. The van der Waals surface area contributed by atoms with Crippen LogP contribution < -0.4 is 9.64 Å². The summed E-state index contributed by atoms with van der Waals surface area (Å²) in [6, 6.07) is 5.25. The van der Waals surface area contributed by atoms with Crippen LogP contribution in [0.15, 0.2) is 22.7 Å². The standard InChI is InChI=1S/C13H16BrClN2O2/c1-16-4-6-17(7-5-16)13(18)9-19-12-3-2-10(15)8-11(12)14/h2-3,8H,4-7,9H2,1H3/p+1. The second-order valence-electron chi connectivity index (χ2n) is 4.70. The predicted molar refractivity (Wildman–Crippen MR) is 77.8 cm³/mol. The highest BCUT2D eigenvalue weighted by atomic mass is 79.9. The van der Waals surface area contributed by atoms with Gasteiger partial charge in [-0.2, -0.15) is 0 Å². The summed E-state index contributed by atoms with van der Waals surface area (Å²) in [5, 5.41) is 0.632. The number of likely N-dealkylation sites (N-methyl/N-ethyl adjacent to an activating group) is 1. The van der Waals surface area contributed by atoms with Gasteiger partial charge in [-0.05, 0) is 34.1 Å². The Morgan fingerprint density at radius 1 is 1.47 bits per heavy atom. The number of benzene rings is 1. The molecule has 0 bridgehead atoms. The van der Waals surface area contributed by atoms with Crippen LogP contribution in [0, 0.1) is 0 Å². The number of nitrogens with one attached hydrogen (secondary N) is 1. The van der Waals surface area contributed by atoms with Crippen molar-refractivity contribution in [3.8, 4) is 5.75 Å². The van der Waals surface area contributed by atoms with Gasteiger partial charge in [0, 0.05) is 5.02 Å². The van der Waals surface area contributed by atoms with Gasteiger partial charge in [-0.3, -0.25) is 4.79 Å². The van der Waals surface area contributed by atoms with Crippen molar-refractivity contribution >= 4 is 33.4 Å². The molecule has 104 valence electrons. The maximum absolute atomic E-state index is 12.0. The molecule has 1 aliphatic rings. The van der Waals surface area contributed by atoms with E-state index in [9.17, 15) is 4.79 Å². The number of piperazine rings is 1. The smallest absolute Gasteiger partial charge is 0.260 e. The summed E-state index contributed by atoms with van der Waals surface area (Å²) in [6.45, 7) is 3.66. The van der Waals surface area contributed by atoms with Gasteiger partial charge in [-0.1, -0.05) is 11.6 Å². The molecule has 1 fully saturated rings. The Balaban J connectivity index is 1.86. The van der Waals surface area contributed by atoms with Crippen molar-refractivity contribution in [2.45, 2.75) is 0 Å². The molecule has 4 nitrogen and oxygen atoms in total. The Morgan fingerprint density at radius 3 is 2.79 bits per heavy atom. The van der Waals surface area contributed by atoms with Crippen LogP contribution in [0.3, 0.4) is 0 Å². The molecule has 0 aromatic heterocycles. The van der Waals surface area contributed by atoms with Gasteiger partial charge in [0.15, 0.2) is 6.61 Å². The summed E-state index contributed by atoms with van der Waals surface area (Å²) in [5.41, 5.74) is 0. The topological polar surface area (TPSA) is 34.0 Å². The molecule has 19 heavy (non-hydrogen) atoms. The van der Waals surface area contributed by atoms with Gasteiger partial charge in [0.05, 0.1) is 37.7 Å². The third-order valence-electron chi connectivity index (χ3n) is 3.21. The molecule has 0 unspecified atom stereocenters. The minimum Gasteiger partial charge on any atom is -0.483 e. The molecule has 1 aliphatic heterocycles. The van der Waals surface area contributed by atoms with Crippen LogP contribution in [0.4, 0.5) is 0 Å². The fraction of sp³-hybridized carbons (Fsp3) is 0.462. The van der Waals surface area contributed by atoms with Gasteiger partial charge in [-0.15, -0.1) is 0 Å². The predicted octanol–water partition coefficient (Wildman–Crippen LogP) is 0.838. The van der Waals surface area contributed by atoms with Crippen LogP contribution in [0.2, 0.25) is 5.02 Å². The molecule has 0 atom stereocenters. The van der Waals surface area contributed by atoms with Crippen molar-refractivity contribution in [3.05, 3.63) is 27.7 Å². The van der Waals surface area contributed by atoms with E-state index in [2.05, 4.69) is 23.0 Å². The second-order valence-corrected chi connectivity index (χ2v) is 5.99. The Labute approximate surface area is 126 Å². The molecule has 1 aromatic rings. The van der Waals surface area contributed by atoms with Gasteiger partial charge in [0.2, 0.25) is 0 Å². The normalized spacial score (nSPS) is 16.5. The number of rotatable bonds is 3. The first-order valence-corrected chi connectivity index (χ1v) is 7.40. The minimum atomic E-state index is 0.0364. The lowest BCUT2D eigenvalue weighted by Crippen LogP contribution is -3.12. The number of halogens is 2. The second kappa shape index (κ2) is 6.59. The lowest BCUT2D eigenvalue weighted by molar-refractivity contribution is -0.883. The van der Waals surface area contributed by atoms with Crippen LogP contribution in [-0.4, -0.2) is 50.6 Å². The van der Waals surface area contributed by atoms with Crippen LogP contribution in [0.1, 0.15) is 0 Å². The zero-order valence-electron chi connectivity index (χ0n) is 10.8. The molecule has 0 spiro atoms. The number of carbonyl (C=O) groups excluding carboxylic acids is 1. The quantitative estimate of drug-likeness (QED) is 0.878. The number of hydrogen-bond donors (Lipinski definition) is 1. The Kier molecular flexibility index (Phi) is 5.07. The molecule has 0 radical (unpaired) electrons. The molecular formula is C13H17BrClN2O2+. The maximum Gasteiger partial charge on any atom is 0.260 e. The maximum atomic E-state index is 12.0. The fourth-order valence-electron chi connectivity index (χ4n) is 1.96. The first-order valence-electron chi connectivity index (χ1n) is 6.23. The largest absolute Gasteiger partial charge is 0.483 e.